The lowest BCUT2D eigenvalue weighted by Crippen LogP contribution is -2.25. The van der Waals surface area contributed by atoms with Crippen LogP contribution >= 0.6 is 0 Å². The number of ether oxygens (including phenoxy) is 3. The predicted molar refractivity (Wildman–Crippen MR) is 205 cm³/mol. The molecule has 2 atom stereocenters. The molecule has 0 bridgehead atoms. The van der Waals surface area contributed by atoms with E-state index in [0.717, 1.165) is 44.1 Å². The number of nitrogens with zero attached hydrogens (tertiary/aromatic N) is 4. The van der Waals surface area contributed by atoms with Gasteiger partial charge in [-0.05, 0) is 45.4 Å². The van der Waals surface area contributed by atoms with E-state index in [1.807, 2.05) is 20.8 Å². The first-order chi connectivity index (χ1) is 26.1. The van der Waals surface area contributed by atoms with Crippen LogP contribution < -0.4 is 10.6 Å². The molecule has 308 valence electrons. The van der Waals surface area contributed by atoms with E-state index in [0.29, 0.717) is 56.3 Å². The summed E-state index contributed by atoms with van der Waals surface area (Å²) in [5.74, 6) is 2.49. The van der Waals surface area contributed by atoms with Gasteiger partial charge in [-0.2, -0.15) is 9.97 Å². The van der Waals surface area contributed by atoms with Crippen molar-refractivity contribution in [3.05, 3.63) is 23.4 Å². The monoisotopic (exact) mass is 763 g/mol. The van der Waals surface area contributed by atoms with Crippen LogP contribution in [0.1, 0.15) is 172 Å². The number of hydrogen-bond acceptors (Lipinski definition) is 13. The molecule has 14 heteroatoms. The molecule has 54 heavy (non-hydrogen) atoms. The first-order valence-electron chi connectivity index (χ1n) is 20.5. The Kier molecular flexibility index (Phi) is 21.9. The van der Waals surface area contributed by atoms with Crippen LogP contribution in [-0.2, 0) is 36.9 Å². The van der Waals surface area contributed by atoms with Crippen molar-refractivity contribution < 1.29 is 38.0 Å². The zero-order valence-corrected chi connectivity index (χ0v) is 33.9. The second-order valence-corrected chi connectivity index (χ2v) is 16.1. The minimum atomic E-state index is -0.819. The van der Waals surface area contributed by atoms with Gasteiger partial charge in [0.2, 0.25) is 11.8 Å². The Labute approximate surface area is 323 Å². The normalized spacial score (nSPS) is 16.8. The van der Waals surface area contributed by atoms with E-state index in [1.165, 1.54) is 77.0 Å². The highest BCUT2D eigenvalue weighted by Gasteiger charge is 2.27. The lowest BCUT2D eigenvalue weighted by Gasteiger charge is -2.23. The van der Waals surface area contributed by atoms with Crippen molar-refractivity contribution in [1.82, 2.24) is 30.9 Å². The summed E-state index contributed by atoms with van der Waals surface area (Å²) in [4.78, 5) is 32.5. The maximum atomic E-state index is 12.4. The minimum Gasteiger partial charge on any atom is -0.481 e. The van der Waals surface area contributed by atoms with Crippen molar-refractivity contribution in [1.29, 1.82) is 0 Å². The number of hydrogen-bond donors (Lipinski definition) is 3. The lowest BCUT2D eigenvalue weighted by molar-refractivity contribution is -0.155. The molecule has 2 aromatic heterocycles. The van der Waals surface area contributed by atoms with Gasteiger partial charge >= 0.3 is 11.9 Å². The van der Waals surface area contributed by atoms with Gasteiger partial charge in [-0.15, -0.1) is 0 Å². The predicted octanol–water partition coefficient (Wildman–Crippen LogP) is 7.49. The average Bonchev–Trinajstić information content (AvgIpc) is 3.82. The molecule has 0 amide bonds. The molecule has 4 rings (SSSR count). The molecule has 2 heterocycles. The fourth-order valence-electron chi connectivity index (χ4n) is 7.44. The zero-order valence-electron chi connectivity index (χ0n) is 33.9. The molecular weight excluding hydrogens is 692 g/mol. The highest BCUT2D eigenvalue weighted by atomic mass is 16.6. The number of carbonyl (C=O) groups excluding carboxylic acids is 1. The highest BCUT2D eigenvalue weighted by molar-refractivity contribution is 5.70. The van der Waals surface area contributed by atoms with Crippen molar-refractivity contribution in [3.8, 4) is 0 Å². The number of carbonyl (C=O) groups is 2. The summed E-state index contributed by atoms with van der Waals surface area (Å²) in [6.45, 7) is 9.37. The molecule has 0 aromatic carbocycles. The number of nitrogens with one attached hydrogen (secondary N) is 2. The Bertz CT molecular complexity index is 1290. The molecule has 2 aliphatic carbocycles. The van der Waals surface area contributed by atoms with Crippen molar-refractivity contribution >= 4 is 11.9 Å². The van der Waals surface area contributed by atoms with E-state index in [2.05, 4.69) is 30.9 Å². The first-order valence-corrected chi connectivity index (χ1v) is 20.5. The molecule has 2 fully saturated rings. The summed E-state index contributed by atoms with van der Waals surface area (Å²) in [7, 11) is 3.32. The first kappa shape index (κ1) is 45.4. The summed E-state index contributed by atoms with van der Waals surface area (Å²) >= 11 is 0. The Hall–Kier alpha value is -2.94. The molecule has 2 aromatic rings. The van der Waals surface area contributed by atoms with Crippen LogP contribution in [-0.4, -0.2) is 83.5 Å². The van der Waals surface area contributed by atoms with E-state index in [-0.39, 0.29) is 30.6 Å². The van der Waals surface area contributed by atoms with Gasteiger partial charge in [0.25, 0.3) is 0 Å². The molecule has 0 radical (unpaired) electrons. The smallest absolute Gasteiger partial charge is 0.307 e. The number of aliphatic carboxylic acids is 1. The second kappa shape index (κ2) is 26.0. The number of esters is 1. The molecule has 0 spiro atoms. The van der Waals surface area contributed by atoms with E-state index in [4.69, 9.17) is 23.3 Å². The Morgan fingerprint density at radius 3 is 1.59 bits per heavy atom. The van der Waals surface area contributed by atoms with E-state index < -0.39 is 11.6 Å². The van der Waals surface area contributed by atoms with Crippen molar-refractivity contribution in [2.24, 2.45) is 11.8 Å². The van der Waals surface area contributed by atoms with E-state index in [9.17, 15) is 14.7 Å². The zero-order chi connectivity index (χ0) is 39.0. The maximum absolute atomic E-state index is 12.4. The molecule has 0 unspecified atom stereocenters. The second-order valence-electron chi connectivity index (χ2n) is 16.1. The van der Waals surface area contributed by atoms with Crippen LogP contribution in [0.2, 0.25) is 0 Å². The summed E-state index contributed by atoms with van der Waals surface area (Å²) in [6, 6.07) is 0. The molecule has 0 saturated heterocycles. The average molecular weight is 763 g/mol. The van der Waals surface area contributed by atoms with Crippen LogP contribution in [0.5, 0.6) is 0 Å². The van der Waals surface area contributed by atoms with Crippen LogP contribution in [0.25, 0.3) is 0 Å². The standard InChI is InChI=1S/C22H39N3O4.C18H31N3O4/c1-22(2,3)28-20(26)15-18(12-8-11-17-9-6-5-7-10-17)21-24-19(25-29-21)16-23-13-14-27-4;1-24-11-10-19-13-16-20-18(25-21-16)15(12-17(22)23)9-5-8-14-6-3-2-4-7-14/h17-18,23H,5-16H2,1-4H3;14-15,19H,2-13H2,1H3,(H,22,23)/t18-;15-/m11/s1. The molecule has 2 aliphatic rings. The van der Waals surface area contributed by atoms with Gasteiger partial charge < -0.3 is 39.0 Å². The Balaban J connectivity index is 0.000000294. The molecule has 14 nitrogen and oxygen atoms in total. The fourth-order valence-corrected chi connectivity index (χ4v) is 7.44. The van der Waals surface area contributed by atoms with Crippen LogP contribution in [0.15, 0.2) is 9.05 Å². The van der Waals surface area contributed by atoms with Crippen molar-refractivity contribution in [2.45, 2.75) is 167 Å². The summed E-state index contributed by atoms with van der Waals surface area (Å²) in [5.41, 5.74) is -0.491. The SMILES string of the molecule is COCCNCc1noc([C@H](CCCC2CCCCC2)CC(=O)O)n1.COCCNCc1noc([C@H](CCCC2CCCCC2)CC(=O)OC(C)(C)C)n1. The Morgan fingerprint density at radius 2 is 1.19 bits per heavy atom. The summed E-state index contributed by atoms with van der Waals surface area (Å²) in [6.07, 6.45) is 19.9. The lowest BCUT2D eigenvalue weighted by atomic mass is 9.84. The van der Waals surface area contributed by atoms with Gasteiger partial charge in [0.15, 0.2) is 11.6 Å². The molecule has 2 saturated carbocycles. The minimum absolute atomic E-state index is 0.0450. The van der Waals surface area contributed by atoms with Gasteiger partial charge in [-0.3, -0.25) is 9.59 Å². The highest BCUT2D eigenvalue weighted by Crippen LogP contribution is 2.33. The third-order valence-corrected chi connectivity index (χ3v) is 10.2. The van der Waals surface area contributed by atoms with Gasteiger partial charge in [-0.25, -0.2) is 0 Å². The van der Waals surface area contributed by atoms with Gasteiger partial charge in [0.1, 0.15) is 5.60 Å². The van der Waals surface area contributed by atoms with Gasteiger partial charge in [0.05, 0.1) is 39.1 Å². The summed E-state index contributed by atoms with van der Waals surface area (Å²) < 4.78 is 26.4. The van der Waals surface area contributed by atoms with Crippen LogP contribution in [0.4, 0.5) is 0 Å². The quantitative estimate of drug-likeness (QED) is 0.0706. The van der Waals surface area contributed by atoms with E-state index in [1.54, 1.807) is 14.2 Å². The van der Waals surface area contributed by atoms with E-state index >= 15 is 0 Å². The summed E-state index contributed by atoms with van der Waals surface area (Å²) in [5, 5.41) is 23.6. The Morgan fingerprint density at radius 1 is 0.741 bits per heavy atom. The number of rotatable bonds is 24. The van der Waals surface area contributed by atoms with Crippen LogP contribution in [0, 0.1) is 11.8 Å². The molecule has 0 aliphatic heterocycles. The van der Waals surface area contributed by atoms with Gasteiger partial charge in [0, 0.05) is 39.1 Å². The third-order valence-electron chi connectivity index (χ3n) is 10.2. The molecule has 3 N–H and O–H groups in total. The maximum Gasteiger partial charge on any atom is 0.307 e. The van der Waals surface area contributed by atoms with Gasteiger partial charge in [-0.1, -0.05) is 100 Å². The topological polar surface area (TPSA) is 184 Å². The number of carboxylic acid groups (broad SMARTS) is 1. The van der Waals surface area contributed by atoms with Crippen LogP contribution in [0.3, 0.4) is 0 Å². The molecular formula is C40H70N6O8. The number of methoxy groups -OCH3 is 2. The number of aromatic nitrogens is 4. The fraction of sp³-hybridized carbons (Fsp3) is 0.850. The number of carboxylic acids is 1. The largest absolute Gasteiger partial charge is 0.481 e. The van der Waals surface area contributed by atoms with Crippen molar-refractivity contribution in [3.63, 3.8) is 0 Å². The van der Waals surface area contributed by atoms with Crippen molar-refractivity contribution in [2.75, 3.05) is 40.5 Å². The third kappa shape index (κ3) is 19.6.